The fourth-order valence-corrected chi connectivity index (χ4v) is 4.95. The number of thioether (sulfide) groups is 1. The molecule has 0 amide bonds. The third kappa shape index (κ3) is 5.04. The quantitative estimate of drug-likeness (QED) is 0.393. The lowest BCUT2D eigenvalue weighted by atomic mass is 10.1. The summed E-state index contributed by atoms with van der Waals surface area (Å²) in [7, 11) is 0. The minimum absolute atomic E-state index is 0.377. The number of benzene rings is 2. The molecular formula is C20H20F4N4S2. The molecule has 0 N–H and O–H groups in total. The topological polar surface area (TPSA) is 32.3 Å². The number of nitrogens with zero attached hydrogens (tertiary/aromatic N) is 4. The van der Waals surface area contributed by atoms with Crippen LogP contribution in [-0.2, 0) is 6.54 Å². The SMILES string of the molecule is Cc1cc(F)c(N2CCN(Cc3ccc4nnsc4c3)CC2)cc1SCC(F)(F)F. The molecule has 0 radical (unpaired) electrons. The zero-order valence-electron chi connectivity index (χ0n) is 16.2. The molecule has 1 fully saturated rings. The van der Waals surface area contributed by atoms with Gasteiger partial charge in [0.1, 0.15) is 11.3 Å². The van der Waals surface area contributed by atoms with E-state index in [1.807, 2.05) is 17.0 Å². The van der Waals surface area contributed by atoms with Crippen LogP contribution in [0.2, 0.25) is 0 Å². The van der Waals surface area contributed by atoms with Crippen molar-refractivity contribution in [2.24, 2.45) is 0 Å². The van der Waals surface area contributed by atoms with Crippen LogP contribution in [0.1, 0.15) is 11.1 Å². The van der Waals surface area contributed by atoms with Crippen molar-refractivity contribution in [3.05, 3.63) is 47.3 Å². The minimum Gasteiger partial charge on any atom is -0.367 e. The van der Waals surface area contributed by atoms with Gasteiger partial charge in [-0.1, -0.05) is 10.6 Å². The van der Waals surface area contributed by atoms with Gasteiger partial charge in [0.15, 0.2) is 0 Å². The summed E-state index contributed by atoms with van der Waals surface area (Å²) in [5.41, 5.74) is 2.97. The first-order valence-electron chi connectivity index (χ1n) is 9.46. The number of fused-ring (bicyclic) bond motifs is 1. The molecule has 0 aliphatic carbocycles. The van der Waals surface area contributed by atoms with E-state index in [4.69, 9.17) is 0 Å². The highest BCUT2D eigenvalue weighted by Gasteiger charge is 2.28. The van der Waals surface area contributed by atoms with Gasteiger partial charge in [-0.05, 0) is 53.8 Å². The molecule has 0 atom stereocenters. The van der Waals surface area contributed by atoms with E-state index in [-0.39, 0.29) is 5.82 Å². The molecule has 0 unspecified atom stereocenters. The van der Waals surface area contributed by atoms with E-state index in [1.165, 1.54) is 23.2 Å². The van der Waals surface area contributed by atoms with Gasteiger partial charge >= 0.3 is 6.18 Å². The van der Waals surface area contributed by atoms with Crippen molar-refractivity contribution >= 4 is 39.2 Å². The number of halogens is 4. The molecule has 160 valence electrons. The van der Waals surface area contributed by atoms with Gasteiger partial charge in [-0.2, -0.15) is 13.2 Å². The maximum absolute atomic E-state index is 14.6. The van der Waals surface area contributed by atoms with Crippen LogP contribution in [0.4, 0.5) is 23.2 Å². The van der Waals surface area contributed by atoms with Crippen LogP contribution in [0.3, 0.4) is 0 Å². The van der Waals surface area contributed by atoms with Crippen molar-refractivity contribution in [2.75, 3.05) is 36.8 Å². The Kier molecular flexibility index (Phi) is 6.17. The van der Waals surface area contributed by atoms with Crippen LogP contribution in [0.15, 0.2) is 35.2 Å². The molecule has 1 aliphatic rings. The second kappa shape index (κ2) is 8.68. The summed E-state index contributed by atoms with van der Waals surface area (Å²) < 4.78 is 57.3. The van der Waals surface area contributed by atoms with Gasteiger partial charge in [0.05, 0.1) is 16.1 Å². The molecule has 2 aromatic carbocycles. The Morgan fingerprint density at radius 1 is 1.10 bits per heavy atom. The Morgan fingerprint density at radius 2 is 1.87 bits per heavy atom. The molecule has 0 saturated carbocycles. The van der Waals surface area contributed by atoms with E-state index in [0.717, 1.165) is 29.9 Å². The Labute approximate surface area is 180 Å². The predicted octanol–water partition coefficient (Wildman–Crippen LogP) is 5.12. The average molecular weight is 457 g/mol. The summed E-state index contributed by atoms with van der Waals surface area (Å²) in [5, 5.41) is 4.05. The Balaban J connectivity index is 1.40. The zero-order valence-corrected chi connectivity index (χ0v) is 17.9. The van der Waals surface area contributed by atoms with Crippen molar-refractivity contribution in [2.45, 2.75) is 24.5 Å². The van der Waals surface area contributed by atoms with Gasteiger partial charge in [0.25, 0.3) is 0 Å². The average Bonchev–Trinajstić information content (AvgIpc) is 3.15. The van der Waals surface area contributed by atoms with E-state index < -0.39 is 11.9 Å². The highest BCUT2D eigenvalue weighted by Crippen LogP contribution is 2.34. The number of hydrogen-bond donors (Lipinski definition) is 0. The number of hydrogen-bond acceptors (Lipinski definition) is 6. The smallest absolute Gasteiger partial charge is 0.367 e. The summed E-state index contributed by atoms with van der Waals surface area (Å²) in [4.78, 5) is 4.68. The van der Waals surface area contributed by atoms with E-state index in [0.29, 0.717) is 41.0 Å². The van der Waals surface area contributed by atoms with Crippen molar-refractivity contribution in [1.29, 1.82) is 0 Å². The van der Waals surface area contributed by atoms with Crippen molar-refractivity contribution in [1.82, 2.24) is 14.5 Å². The lowest BCUT2D eigenvalue weighted by molar-refractivity contribution is -0.105. The summed E-state index contributed by atoms with van der Waals surface area (Å²) >= 11 is 2.08. The first-order chi connectivity index (χ1) is 14.3. The van der Waals surface area contributed by atoms with E-state index in [2.05, 4.69) is 20.6 Å². The van der Waals surface area contributed by atoms with Crippen LogP contribution in [0.25, 0.3) is 10.2 Å². The second-order valence-electron chi connectivity index (χ2n) is 7.31. The fourth-order valence-electron chi connectivity index (χ4n) is 3.53. The third-order valence-corrected chi connectivity index (χ3v) is 6.98. The standard InChI is InChI=1S/C20H20F4N4S2/c1-13-8-15(21)17(10-18(13)29-12-20(22,23)24)28-6-4-27(5-7-28)11-14-2-3-16-19(9-14)30-26-25-16/h2-3,8-10H,4-7,11-12H2,1H3. The minimum atomic E-state index is -4.25. The van der Waals surface area contributed by atoms with Gasteiger partial charge in [0.2, 0.25) is 0 Å². The number of rotatable bonds is 5. The van der Waals surface area contributed by atoms with Gasteiger partial charge in [-0.3, -0.25) is 4.90 Å². The molecule has 2 heterocycles. The molecular weight excluding hydrogens is 436 g/mol. The van der Waals surface area contributed by atoms with E-state index >= 15 is 0 Å². The Morgan fingerprint density at radius 3 is 2.60 bits per heavy atom. The van der Waals surface area contributed by atoms with E-state index in [9.17, 15) is 17.6 Å². The maximum Gasteiger partial charge on any atom is 0.398 e. The molecule has 30 heavy (non-hydrogen) atoms. The molecule has 1 aliphatic heterocycles. The van der Waals surface area contributed by atoms with Crippen molar-refractivity contribution < 1.29 is 17.6 Å². The lowest BCUT2D eigenvalue weighted by Gasteiger charge is -2.36. The first-order valence-corrected chi connectivity index (χ1v) is 11.2. The number of aryl methyl sites for hydroxylation is 1. The Bertz CT molecular complexity index is 1030. The second-order valence-corrected chi connectivity index (χ2v) is 9.11. The maximum atomic E-state index is 14.6. The highest BCUT2D eigenvalue weighted by molar-refractivity contribution is 7.99. The summed E-state index contributed by atoms with van der Waals surface area (Å²) in [6.07, 6.45) is -4.25. The van der Waals surface area contributed by atoms with Gasteiger partial charge in [-0.25, -0.2) is 4.39 Å². The monoisotopic (exact) mass is 456 g/mol. The Hall–Kier alpha value is -1.91. The van der Waals surface area contributed by atoms with Crippen LogP contribution in [0.5, 0.6) is 0 Å². The van der Waals surface area contributed by atoms with Crippen molar-refractivity contribution in [3.8, 4) is 0 Å². The lowest BCUT2D eigenvalue weighted by Crippen LogP contribution is -2.46. The van der Waals surface area contributed by atoms with Gasteiger partial charge < -0.3 is 4.90 Å². The van der Waals surface area contributed by atoms with E-state index in [1.54, 1.807) is 13.0 Å². The highest BCUT2D eigenvalue weighted by atomic mass is 32.2. The fraction of sp³-hybridized carbons (Fsp3) is 0.400. The molecule has 1 saturated heterocycles. The van der Waals surface area contributed by atoms with Gasteiger partial charge in [-0.15, -0.1) is 16.9 Å². The molecule has 10 heteroatoms. The molecule has 3 aromatic rings. The number of anilines is 1. The predicted molar refractivity (Wildman–Crippen MR) is 113 cm³/mol. The molecule has 1 aromatic heterocycles. The molecule has 0 spiro atoms. The van der Waals surface area contributed by atoms with Gasteiger partial charge in [0, 0.05) is 37.6 Å². The molecule has 4 rings (SSSR count). The first kappa shape index (κ1) is 21.3. The zero-order chi connectivity index (χ0) is 21.3. The summed E-state index contributed by atoms with van der Waals surface area (Å²) in [6.45, 7) is 5.15. The third-order valence-electron chi connectivity index (χ3n) is 5.07. The molecule has 4 nitrogen and oxygen atoms in total. The number of alkyl halides is 3. The number of piperazine rings is 1. The normalized spacial score (nSPS) is 15.8. The van der Waals surface area contributed by atoms with Crippen LogP contribution in [-0.4, -0.2) is 52.6 Å². The van der Waals surface area contributed by atoms with Crippen LogP contribution < -0.4 is 4.90 Å². The summed E-state index contributed by atoms with van der Waals surface area (Å²) in [5.74, 6) is -1.37. The number of aromatic nitrogens is 2. The largest absolute Gasteiger partial charge is 0.398 e. The van der Waals surface area contributed by atoms with Crippen molar-refractivity contribution in [3.63, 3.8) is 0 Å². The summed E-state index contributed by atoms with van der Waals surface area (Å²) in [6, 6.07) is 8.99. The molecule has 0 bridgehead atoms. The van der Waals surface area contributed by atoms with Crippen LogP contribution >= 0.6 is 23.3 Å². The van der Waals surface area contributed by atoms with Crippen LogP contribution in [0, 0.1) is 12.7 Å².